The average molecular weight is 195 g/mol. The van der Waals surface area contributed by atoms with Crippen molar-refractivity contribution >= 4 is 10.9 Å². The van der Waals surface area contributed by atoms with Crippen molar-refractivity contribution < 1.29 is 8.42 Å². The lowest BCUT2D eigenvalue weighted by atomic mass is 10.1. The Kier molecular flexibility index (Phi) is 3.50. The van der Waals surface area contributed by atoms with Crippen LogP contribution >= 0.6 is 0 Å². The largest absolute Gasteiger partial charge is 0.216 e. The molecule has 0 bridgehead atoms. The highest BCUT2D eigenvalue weighted by Gasteiger charge is 1.92. The molecule has 1 rings (SSSR count). The lowest BCUT2D eigenvalue weighted by Gasteiger charge is -1.98. The van der Waals surface area contributed by atoms with Crippen LogP contribution < -0.4 is 4.72 Å². The number of rotatable bonds is 3. The van der Waals surface area contributed by atoms with Crippen molar-refractivity contribution in [3.8, 4) is 12.3 Å². The molecular weight excluding hydrogens is 186 g/mol. The maximum atomic E-state index is 10.2. The van der Waals surface area contributed by atoms with E-state index in [1.54, 1.807) is 24.3 Å². The van der Waals surface area contributed by atoms with Gasteiger partial charge in [0.2, 0.25) is 10.9 Å². The van der Waals surface area contributed by atoms with Gasteiger partial charge in [-0.2, -0.15) is 0 Å². The molecule has 0 atom stereocenters. The van der Waals surface area contributed by atoms with E-state index in [1.165, 1.54) is 0 Å². The number of thiol groups is 1. The molecule has 1 aromatic carbocycles. The molecule has 0 radical (unpaired) electrons. The zero-order valence-corrected chi connectivity index (χ0v) is 7.75. The van der Waals surface area contributed by atoms with Gasteiger partial charge in [-0.25, -0.2) is 13.1 Å². The van der Waals surface area contributed by atoms with Crippen LogP contribution in [0.2, 0.25) is 0 Å². The summed E-state index contributed by atoms with van der Waals surface area (Å²) in [7, 11) is -2.53. The summed E-state index contributed by atoms with van der Waals surface area (Å²) in [6.45, 7) is 0.309. The van der Waals surface area contributed by atoms with Gasteiger partial charge in [0, 0.05) is 12.1 Å². The lowest BCUT2D eigenvalue weighted by molar-refractivity contribution is 0.601. The van der Waals surface area contributed by atoms with Gasteiger partial charge in [-0.15, -0.1) is 6.42 Å². The Morgan fingerprint density at radius 3 is 2.38 bits per heavy atom. The van der Waals surface area contributed by atoms with Gasteiger partial charge in [0.15, 0.2) is 0 Å². The Labute approximate surface area is 78.9 Å². The van der Waals surface area contributed by atoms with Crippen LogP contribution in [0.1, 0.15) is 11.1 Å². The molecule has 0 aliphatic heterocycles. The Hall–Kier alpha value is -1.31. The van der Waals surface area contributed by atoms with Gasteiger partial charge in [0.1, 0.15) is 0 Å². The maximum absolute atomic E-state index is 10.2. The molecule has 0 saturated heterocycles. The van der Waals surface area contributed by atoms with Gasteiger partial charge >= 0.3 is 0 Å². The molecular formula is C9H9NO2S. The summed E-state index contributed by atoms with van der Waals surface area (Å²) < 4.78 is 22.7. The van der Waals surface area contributed by atoms with Crippen LogP contribution in [0.4, 0.5) is 0 Å². The third-order valence-electron chi connectivity index (χ3n) is 1.53. The molecule has 0 fully saturated rings. The monoisotopic (exact) mass is 195 g/mol. The summed E-state index contributed by atoms with van der Waals surface area (Å²) in [5, 5.41) is 0. The van der Waals surface area contributed by atoms with Gasteiger partial charge in [0.05, 0.1) is 0 Å². The smallest absolute Gasteiger partial charge is 0.201 e. The van der Waals surface area contributed by atoms with E-state index in [9.17, 15) is 8.42 Å². The van der Waals surface area contributed by atoms with Gasteiger partial charge in [0.25, 0.3) is 0 Å². The lowest BCUT2D eigenvalue weighted by Crippen LogP contribution is -2.09. The van der Waals surface area contributed by atoms with E-state index in [2.05, 4.69) is 10.6 Å². The maximum Gasteiger partial charge on any atom is 0.201 e. The fraction of sp³-hybridized carbons (Fsp3) is 0.111. The predicted molar refractivity (Wildman–Crippen MR) is 51.5 cm³/mol. The van der Waals surface area contributed by atoms with E-state index in [0.717, 1.165) is 11.1 Å². The van der Waals surface area contributed by atoms with Crippen molar-refractivity contribution in [2.75, 3.05) is 0 Å². The third-order valence-corrected chi connectivity index (χ3v) is 1.95. The van der Waals surface area contributed by atoms with Gasteiger partial charge in [-0.05, 0) is 17.7 Å². The summed E-state index contributed by atoms with van der Waals surface area (Å²) >= 11 is 0. The molecule has 4 heteroatoms. The first-order chi connectivity index (χ1) is 6.22. The highest BCUT2D eigenvalue weighted by atomic mass is 32.2. The summed E-state index contributed by atoms with van der Waals surface area (Å²) in [4.78, 5) is 0. The normalized spacial score (nSPS) is 9.85. The van der Waals surface area contributed by atoms with Crippen LogP contribution in [0.3, 0.4) is 0 Å². The molecule has 1 N–H and O–H groups in total. The third kappa shape index (κ3) is 3.28. The topological polar surface area (TPSA) is 46.2 Å². The van der Waals surface area contributed by atoms with Crippen molar-refractivity contribution in [3.05, 3.63) is 35.4 Å². The zero-order chi connectivity index (χ0) is 9.68. The molecule has 13 heavy (non-hydrogen) atoms. The Balaban J connectivity index is 2.65. The number of nitrogens with one attached hydrogen (secondary N) is 1. The highest BCUT2D eigenvalue weighted by Crippen LogP contribution is 2.02. The van der Waals surface area contributed by atoms with E-state index in [-0.39, 0.29) is 0 Å². The van der Waals surface area contributed by atoms with E-state index in [0.29, 0.717) is 6.54 Å². The number of hydrogen-bond donors (Lipinski definition) is 2. The molecule has 0 amide bonds. The van der Waals surface area contributed by atoms with E-state index in [4.69, 9.17) is 6.42 Å². The van der Waals surface area contributed by atoms with Crippen LogP contribution in [0.5, 0.6) is 0 Å². The molecule has 68 valence electrons. The number of terminal acetylenes is 1. The van der Waals surface area contributed by atoms with Crippen LogP contribution in [0, 0.1) is 12.3 Å². The molecule has 0 aliphatic rings. The minimum absolute atomic E-state index is 0.309. The number of hydrogen-bond acceptors (Lipinski definition) is 2. The first kappa shape index (κ1) is 9.78. The molecule has 0 saturated carbocycles. The second kappa shape index (κ2) is 4.65. The van der Waals surface area contributed by atoms with Crippen molar-refractivity contribution in [1.29, 1.82) is 0 Å². The van der Waals surface area contributed by atoms with Gasteiger partial charge in [-0.3, -0.25) is 0 Å². The Bertz CT molecular complexity index is 379. The summed E-state index contributed by atoms with van der Waals surface area (Å²) in [6, 6.07) is 7.13. The quantitative estimate of drug-likeness (QED) is 0.537. The van der Waals surface area contributed by atoms with Gasteiger partial charge < -0.3 is 0 Å². The van der Waals surface area contributed by atoms with E-state index < -0.39 is 10.9 Å². The van der Waals surface area contributed by atoms with Crippen molar-refractivity contribution in [3.63, 3.8) is 0 Å². The first-order valence-electron chi connectivity index (χ1n) is 3.66. The number of benzene rings is 1. The molecule has 3 nitrogen and oxygen atoms in total. The second-order valence-electron chi connectivity index (χ2n) is 2.43. The highest BCUT2D eigenvalue weighted by molar-refractivity contribution is 7.70. The standard InChI is InChI=1S/C9H9NO2S/c1-2-8-3-5-9(6-4-8)7-10-13(11)12/h1,3-6,13H,7H2,(H,10,11,12). The second-order valence-corrected chi connectivity index (χ2v) is 3.26. The molecule has 0 unspecified atom stereocenters. The fourth-order valence-corrected chi connectivity index (χ4v) is 1.19. The SMILES string of the molecule is C#Cc1ccc(CN[SH](=O)=O)cc1. The van der Waals surface area contributed by atoms with Crippen molar-refractivity contribution in [1.82, 2.24) is 4.72 Å². The zero-order valence-electron chi connectivity index (χ0n) is 6.86. The Morgan fingerprint density at radius 1 is 1.31 bits per heavy atom. The van der Waals surface area contributed by atoms with Crippen LogP contribution in [0.15, 0.2) is 24.3 Å². The molecule has 0 heterocycles. The van der Waals surface area contributed by atoms with E-state index >= 15 is 0 Å². The molecule has 0 aromatic heterocycles. The first-order valence-corrected chi connectivity index (χ1v) is 4.83. The fourth-order valence-electron chi connectivity index (χ4n) is 0.875. The minimum Gasteiger partial charge on any atom is -0.216 e. The van der Waals surface area contributed by atoms with E-state index in [1.807, 2.05) is 0 Å². The molecule has 0 spiro atoms. The summed E-state index contributed by atoms with van der Waals surface area (Å²) in [6.07, 6.45) is 5.16. The average Bonchev–Trinajstić information content (AvgIpc) is 2.15. The summed E-state index contributed by atoms with van der Waals surface area (Å²) in [5.74, 6) is 2.48. The Morgan fingerprint density at radius 2 is 1.92 bits per heavy atom. The van der Waals surface area contributed by atoms with Crippen LogP contribution in [0.25, 0.3) is 0 Å². The van der Waals surface area contributed by atoms with Crippen molar-refractivity contribution in [2.24, 2.45) is 0 Å². The van der Waals surface area contributed by atoms with Crippen molar-refractivity contribution in [2.45, 2.75) is 6.54 Å². The van der Waals surface area contributed by atoms with Crippen LogP contribution in [-0.2, 0) is 17.4 Å². The molecule has 0 aliphatic carbocycles. The predicted octanol–water partition coefficient (Wildman–Crippen LogP) is 0.284. The van der Waals surface area contributed by atoms with Gasteiger partial charge in [-0.1, -0.05) is 18.1 Å². The minimum atomic E-state index is -2.53. The van der Waals surface area contributed by atoms with Crippen LogP contribution in [-0.4, -0.2) is 8.42 Å². The molecule has 1 aromatic rings. The summed E-state index contributed by atoms with van der Waals surface area (Å²) in [5.41, 5.74) is 1.67.